The average molecular weight is 566 g/mol. The van der Waals surface area contributed by atoms with Crippen LogP contribution < -0.4 is 15.5 Å². The van der Waals surface area contributed by atoms with Gasteiger partial charge in [0, 0.05) is 23.9 Å². The van der Waals surface area contributed by atoms with Crippen LogP contribution >= 0.6 is 0 Å². The van der Waals surface area contributed by atoms with E-state index in [0.29, 0.717) is 61.2 Å². The molecule has 10 nitrogen and oxygen atoms in total. The predicted molar refractivity (Wildman–Crippen MR) is 153 cm³/mol. The van der Waals surface area contributed by atoms with E-state index in [1.54, 1.807) is 61.5 Å². The van der Waals surface area contributed by atoms with Gasteiger partial charge in [0.1, 0.15) is 10.6 Å². The molecule has 3 N–H and O–H groups in total. The van der Waals surface area contributed by atoms with E-state index < -0.39 is 20.6 Å². The Bertz CT molecular complexity index is 1450. The zero-order valence-corrected chi connectivity index (χ0v) is 23.5. The number of nitrogens with one attached hydrogen (secondary N) is 2. The number of aliphatic hydroxyl groups is 1. The molecule has 2 aromatic carbocycles. The predicted octanol–water partition coefficient (Wildman–Crippen LogP) is 3.72. The smallest absolute Gasteiger partial charge is 0.319 e. The summed E-state index contributed by atoms with van der Waals surface area (Å²) in [4.78, 5) is 24.4. The molecule has 0 radical (unpaired) electrons. The number of morpholine rings is 1. The minimum atomic E-state index is -3.68. The third-order valence-electron chi connectivity index (χ3n) is 7.50. The van der Waals surface area contributed by atoms with Gasteiger partial charge in [0.05, 0.1) is 42.5 Å². The van der Waals surface area contributed by atoms with Crippen molar-refractivity contribution in [2.45, 2.75) is 54.8 Å². The molecule has 2 atom stereocenters. The number of nitrogens with zero attached hydrogens (tertiary/aromatic N) is 3. The Labute approximate surface area is 234 Å². The third kappa shape index (κ3) is 5.54. The van der Waals surface area contributed by atoms with Crippen molar-refractivity contribution >= 4 is 27.4 Å². The highest BCUT2D eigenvalue weighted by atomic mass is 32.2. The highest BCUT2D eigenvalue weighted by Gasteiger charge is 2.58. The van der Waals surface area contributed by atoms with E-state index in [-0.39, 0.29) is 23.6 Å². The summed E-state index contributed by atoms with van der Waals surface area (Å²) in [6.45, 7) is 5.43. The Hall–Kier alpha value is -3.54. The summed E-state index contributed by atoms with van der Waals surface area (Å²) >= 11 is 0. The zero-order valence-electron chi connectivity index (χ0n) is 22.7. The first-order valence-electron chi connectivity index (χ1n) is 13.6. The van der Waals surface area contributed by atoms with Gasteiger partial charge in [-0.05, 0) is 62.6 Å². The number of amides is 2. The van der Waals surface area contributed by atoms with Crippen molar-refractivity contribution in [1.29, 1.82) is 0 Å². The van der Waals surface area contributed by atoms with Gasteiger partial charge in [0.15, 0.2) is 15.7 Å². The number of anilines is 2. The molecule has 0 bridgehead atoms. The minimum Gasteiger partial charge on any atom is -0.394 e. The van der Waals surface area contributed by atoms with Gasteiger partial charge in [-0.2, -0.15) is 0 Å². The number of hydrogen-bond acceptors (Lipinski definition) is 8. The van der Waals surface area contributed by atoms with Gasteiger partial charge in [-0.3, -0.25) is 0 Å². The third-order valence-corrected chi connectivity index (χ3v) is 10.0. The van der Waals surface area contributed by atoms with Crippen LogP contribution in [0.4, 0.5) is 16.3 Å². The van der Waals surface area contributed by atoms with Gasteiger partial charge in [-0.25, -0.2) is 23.2 Å². The molecule has 11 heteroatoms. The maximum absolute atomic E-state index is 13.9. The maximum atomic E-state index is 13.9. The van der Waals surface area contributed by atoms with Gasteiger partial charge in [-0.15, -0.1) is 0 Å². The molecule has 1 aliphatic heterocycles. The number of carbonyl (C=O) groups is 1. The van der Waals surface area contributed by atoms with E-state index in [2.05, 4.69) is 22.5 Å². The van der Waals surface area contributed by atoms with Crippen LogP contribution in [-0.4, -0.2) is 68.0 Å². The number of rotatable bonds is 9. The lowest BCUT2D eigenvalue weighted by Gasteiger charge is -2.36. The van der Waals surface area contributed by atoms with Crippen LogP contribution in [0.25, 0.3) is 11.4 Å². The first-order valence-corrected chi connectivity index (χ1v) is 15.1. The number of ether oxygens (including phenoxy) is 1. The van der Waals surface area contributed by atoms with Gasteiger partial charge < -0.3 is 25.4 Å². The highest BCUT2D eigenvalue weighted by Crippen LogP contribution is 2.55. The fourth-order valence-corrected chi connectivity index (χ4v) is 6.97. The molecule has 212 valence electrons. The van der Waals surface area contributed by atoms with Gasteiger partial charge in [0.2, 0.25) is 0 Å². The summed E-state index contributed by atoms with van der Waals surface area (Å²) in [5.74, 6) is 1.11. The lowest BCUT2D eigenvalue weighted by molar-refractivity contribution is 0.0925. The molecule has 2 fully saturated rings. The van der Waals surface area contributed by atoms with Gasteiger partial charge in [-0.1, -0.05) is 25.1 Å². The second-order valence-electron chi connectivity index (χ2n) is 10.3. The summed E-state index contributed by atoms with van der Waals surface area (Å²) in [6.07, 6.45) is 1.84. The molecule has 3 aromatic rings. The average Bonchev–Trinajstić information content (AvgIpc) is 3.81. The molecule has 1 saturated heterocycles. The molecule has 2 heterocycles. The molecular weight excluding hydrogens is 530 g/mol. The van der Waals surface area contributed by atoms with E-state index in [0.717, 1.165) is 6.42 Å². The summed E-state index contributed by atoms with van der Waals surface area (Å²) in [5.41, 5.74) is 1.76. The van der Waals surface area contributed by atoms with Crippen molar-refractivity contribution in [1.82, 2.24) is 15.3 Å². The molecule has 1 saturated carbocycles. The molecule has 1 aromatic heterocycles. The van der Waals surface area contributed by atoms with Crippen molar-refractivity contribution < 1.29 is 23.1 Å². The lowest BCUT2D eigenvalue weighted by Crippen LogP contribution is -2.45. The Balaban J connectivity index is 1.53. The quantitative estimate of drug-likeness (QED) is 0.358. The maximum Gasteiger partial charge on any atom is 0.319 e. The normalized spacial score (nSPS) is 19.1. The summed E-state index contributed by atoms with van der Waals surface area (Å²) in [6, 6.07) is 16.8. The Morgan fingerprint density at radius 3 is 2.52 bits per heavy atom. The van der Waals surface area contributed by atoms with Crippen molar-refractivity contribution in [2.24, 2.45) is 0 Å². The second kappa shape index (κ2) is 11.5. The van der Waals surface area contributed by atoms with Gasteiger partial charge >= 0.3 is 6.03 Å². The van der Waals surface area contributed by atoms with E-state index in [4.69, 9.17) is 19.8 Å². The van der Waals surface area contributed by atoms with Crippen LogP contribution in [0.5, 0.6) is 0 Å². The van der Waals surface area contributed by atoms with Crippen LogP contribution in [0.1, 0.15) is 38.8 Å². The zero-order chi connectivity index (χ0) is 28.3. The molecule has 40 heavy (non-hydrogen) atoms. The molecule has 0 unspecified atom stereocenters. The Morgan fingerprint density at radius 1 is 1.15 bits per heavy atom. The molecular formula is C29H35N5O5S. The summed E-state index contributed by atoms with van der Waals surface area (Å²) in [7, 11) is -3.68. The number of aromatic nitrogens is 2. The Morgan fingerprint density at radius 2 is 1.88 bits per heavy atom. The SMILES string of the molecule is CC[C@H]1COCCN1c1cc(C2(S(=O)(=O)c3ccccc3)CC2)nc(-c2ccc(NC(=O)N[C@H](C)CO)cc2)n1. The van der Waals surface area contributed by atoms with Crippen molar-refractivity contribution in [3.8, 4) is 11.4 Å². The number of hydrogen-bond donors (Lipinski definition) is 3. The van der Waals surface area contributed by atoms with E-state index in [9.17, 15) is 13.2 Å². The Kier molecular flexibility index (Phi) is 8.07. The first-order chi connectivity index (χ1) is 19.3. The van der Waals surface area contributed by atoms with Crippen LogP contribution in [0.15, 0.2) is 65.6 Å². The van der Waals surface area contributed by atoms with Crippen LogP contribution in [0, 0.1) is 0 Å². The second-order valence-corrected chi connectivity index (χ2v) is 12.6. The van der Waals surface area contributed by atoms with E-state index in [1.807, 2.05) is 6.07 Å². The van der Waals surface area contributed by atoms with Crippen molar-refractivity contribution in [3.05, 3.63) is 66.4 Å². The fourth-order valence-electron chi connectivity index (χ4n) is 4.98. The lowest BCUT2D eigenvalue weighted by atomic mass is 10.1. The van der Waals surface area contributed by atoms with Crippen molar-refractivity contribution in [3.63, 3.8) is 0 Å². The van der Waals surface area contributed by atoms with Crippen LogP contribution in [-0.2, 0) is 19.3 Å². The largest absolute Gasteiger partial charge is 0.394 e. The van der Waals surface area contributed by atoms with Gasteiger partial charge in [0.25, 0.3) is 0 Å². The minimum absolute atomic E-state index is 0.122. The highest BCUT2D eigenvalue weighted by molar-refractivity contribution is 7.92. The van der Waals surface area contributed by atoms with E-state index in [1.165, 1.54) is 0 Å². The van der Waals surface area contributed by atoms with Crippen molar-refractivity contribution in [2.75, 3.05) is 36.6 Å². The molecule has 2 amide bonds. The summed E-state index contributed by atoms with van der Waals surface area (Å²) in [5, 5.41) is 14.5. The monoisotopic (exact) mass is 565 g/mol. The number of sulfone groups is 1. The number of benzene rings is 2. The fraction of sp³-hybridized carbons (Fsp3) is 0.414. The standard InChI is InChI=1S/C29H35N5O5S/c1-3-23-19-39-16-15-34(23)26-17-25(29(13-14-29)40(37,38)24-7-5-4-6-8-24)32-27(33-26)21-9-11-22(12-10-21)31-28(36)30-20(2)18-35/h4-12,17,20,23,35H,3,13-16,18-19H2,1-2H3,(H2,30,31,36)/t20-,23+/m1/s1. The topological polar surface area (TPSA) is 134 Å². The molecule has 1 aliphatic carbocycles. The molecule has 2 aliphatic rings. The number of urea groups is 1. The number of carbonyl (C=O) groups excluding carboxylic acids is 1. The van der Waals surface area contributed by atoms with Crippen LogP contribution in [0.3, 0.4) is 0 Å². The first kappa shape index (κ1) is 28.0. The molecule has 5 rings (SSSR count). The number of aliphatic hydroxyl groups excluding tert-OH is 1. The van der Waals surface area contributed by atoms with E-state index >= 15 is 0 Å². The molecule has 0 spiro atoms. The van der Waals surface area contributed by atoms with Crippen LogP contribution in [0.2, 0.25) is 0 Å². The summed E-state index contributed by atoms with van der Waals surface area (Å²) < 4.78 is 32.3.